The second-order valence-corrected chi connectivity index (χ2v) is 8.45. The maximum Gasteiger partial charge on any atom is 0.335 e. The van der Waals surface area contributed by atoms with Crippen molar-refractivity contribution in [3.05, 3.63) is 34.4 Å². The average molecular weight is 391 g/mol. The summed E-state index contributed by atoms with van der Waals surface area (Å²) >= 11 is 0. The molecule has 1 unspecified atom stereocenters. The van der Waals surface area contributed by atoms with Crippen LogP contribution in [0.3, 0.4) is 0 Å². The Morgan fingerprint density at radius 1 is 0.857 bits per heavy atom. The quantitative estimate of drug-likeness (QED) is 0.248. The van der Waals surface area contributed by atoms with Crippen LogP contribution in [-0.2, 0) is 11.2 Å². The molecular weight excluding hydrogens is 348 g/mol. The maximum absolute atomic E-state index is 11.9. The molecule has 1 aromatic rings. The van der Waals surface area contributed by atoms with Gasteiger partial charge >= 0.3 is 5.63 Å². The minimum Gasteiger partial charge on any atom is -0.427 e. The van der Waals surface area contributed by atoms with Crippen LogP contribution in [0.4, 0.5) is 0 Å². The smallest absolute Gasteiger partial charge is 0.335 e. The van der Waals surface area contributed by atoms with E-state index in [1.54, 1.807) is 12.1 Å². The molecule has 1 rings (SSSR count). The normalized spacial score (nSPS) is 12.2. The van der Waals surface area contributed by atoms with Crippen molar-refractivity contribution >= 4 is 5.78 Å². The first-order chi connectivity index (χ1) is 13.6. The Balaban J connectivity index is 1.87. The number of hydrogen-bond acceptors (Lipinski definition) is 3. The van der Waals surface area contributed by atoms with Crippen LogP contribution in [0.15, 0.2) is 27.4 Å². The number of rotatable bonds is 18. The SMILES string of the molecule is CCCCCCC(C)CCCCCCCCCCC(=O)Cc1cccc(=O)o1. The minimum absolute atomic E-state index is 0.165. The largest absolute Gasteiger partial charge is 0.427 e. The third kappa shape index (κ3) is 13.7. The molecule has 1 atom stereocenters. The summed E-state index contributed by atoms with van der Waals surface area (Å²) in [6.45, 7) is 4.69. The Morgan fingerprint density at radius 3 is 2.04 bits per heavy atom. The van der Waals surface area contributed by atoms with E-state index in [0.717, 1.165) is 18.8 Å². The predicted octanol–water partition coefficient (Wildman–Crippen LogP) is 7.26. The number of hydrogen-bond donors (Lipinski definition) is 0. The molecule has 0 aliphatic carbocycles. The average Bonchev–Trinajstić information content (AvgIpc) is 2.66. The van der Waals surface area contributed by atoms with Crippen molar-refractivity contribution < 1.29 is 9.21 Å². The summed E-state index contributed by atoms with van der Waals surface area (Å²) in [7, 11) is 0. The fraction of sp³-hybridized carbons (Fsp3) is 0.760. The van der Waals surface area contributed by atoms with Gasteiger partial charge in [0.25, 0.3) is 0 Å². The molecule has 0 fully saturated rings. The molecule has 0 N–H and O–H groups in total. The van der Waals surface area contributed by atoms with Gasteiger partial charge in [0.05, 0.1) is 6.42 Å². The summed E-state index contributed by atoms with van der Waals surface area (Å²) in [5.74, 6) is 1.55. The fourth-order valence-corrected chi connectivity index (χ4v) is 3.75. The standard InChI is InChI=1S/C25H42O3/c1-3-4-5-12-16-22(2)17-13-10-8-6-7-9-11-14-18-23(26)21-24-19-15-20-25(27)28-24/h15,19-20,22H,3-14,16-18,21H2,1-2H3. The van der Waals surface area contributed by atoms with E-state index in [2.05, 4.69) is 13.8 Å². The fourth-order valence-electron chi connectivity index (χ4n) is 3.75. The summed E-state index contributed by atoms with van der Waals surface area (Å²) in [4.78, 5) is 23.0. The first-order valence-corrected chi connectivity index (χ1v) is 11.7. The van der Waals surface area contributed by atoms with Crippen LogP contribution in [0, 0.1) is 5.92 Å². The topological polar surface area (TPSA) is 47.3 Å². The lowest BCUT2D eigenvalue weighted by Gasteiger charge is -2.10. The number of carbonyl (C=O) groups excluding carboxylic acids is 1. The highest BCUT2D eigenvalue weighted by atomic mass is 16.4. The van der Waals surface area contributed by atoms with Gasteiger partial charge in [-0.1, -0.05) is 103 Å². The summed E-state index contributed by atoms with van der Waals surface area (Å²) in [5.41, 5.74) is -0.383. The third-order valence-electron chi connectivity index (χ3n) is 5.57. The molecule has 3 heteroatoms. The Kier molecular flexibility index (Phi) is 14.6. The molecule has 28 heavy (non-hydrogen) atoms. The van der Waals surface area contributed by atoms with E-state index < -0.39 is 0 Å². The maximum atomic E-state index is 11.9. The summed E-state index contributed by atoms with van der Waals surface area (Å²) < 4.78 is 5.01. The summed E-state index contributed by atoms with van der Waals surface area (Å²) in [6.07, 6.45) is 19.2. The zero-order valence-corrected chi connectivity index (χ0v) is 18.3. The van der Waals surface area contributed by atoms with Gasteiger partial charge in [-0.25, -0.2) is 4.79 Å². The molecular formula is C25H42O3. The van der Waals surface area contributed by atoms with Crippen molar-refractivity contribution in [2.45, 2.75) is 117 Å². The van der Waals surface area contributed by atoms with Crippen LogP contribution in [0.5, 0.6) is 0 Å². The van der Waals surface area contributed by atoms with E-state index >= 15 is 0 Å². The van der Waals surface area contributed by atoms with E-state index in [1.807, 2.05) is 0 Å². The lowest BCUT2D eigenvalue weighted by molar-refractivity contribution is -0.118. The van der Waals surface area contributed by atoms with Gasteiger partial charge in [-0.3, -0.25) is 4.79 Å². The van der Waals surface area contributed by atoms with Crippen molar-refractivity contribution in [2.24, 2.45) is 5.92 Å². The number of unbranched alkanes of at least 4 members (excludes halogenated alkanes) is 10. The summed E-state index contributed by atoms with van der Waals surface area (Å²) in [6, 6.07) is 4.71. The van der Waals surface area contributed by atoms with Crippen LogP contribution in [0.1, 0.15) is 116 Å². The molecule has 0 spiro atoms. The van der Waals surface area contributed by atoms with Gasteiger partial charge in [0, 0.05) is 12.5 Å². The van der Waals surface area contributed by atoms with Crippen LogP contribution in [0.2, 0.25) is 0 Å². The van der Waals surface area contributed by atoms with E-state index in [-0.39, 0.29) is 17.8 Å². The van der Waals surface area contributed by atoms with Crippen molar-refractivity contribution in [2.75, 3.05) is 0 Å². The molecule has 0 aromatic carbocycles. The highest BCUT2D eigenvalue weighted by Gasteiger charge is 2.06. The first-order valence-electron chi connectivity index (χ1n) is 11.7. The molecule has 0 aliphatic heterocycles. The third-order valence-corrected chi connectivity index (χ3v) is 5.57. The lowest BCUT2D eigenvalue weighted by Crippen LogP contribution is -2.05. The number of ketones is 1. The van der Waals surface area contributed by atoms with Gasteiger partial charge in [-0.15, -0.1) is 0 Å². The minimum atomic E-state index is -0.383. The number of carbonyl (C=O) groups is 1. The van der Waals surface area contributed by atoms with Crippen molar-refractivity contribution in [1.29, 1.82) is 0 Å². The van der Waals surface area contributed by atoms with Crippen LogP contribution < -0.4 is 5.63 Å². The highest BCUT2D eigenvalue weighted by molar-refractivity contribution is 5.80. The summed E-state index contributed by atoms with van der Waals surface area (Å²) in [5, 5.41) is 0. The number of Topliss-reactive ketones (excluding diaryl/α,β-unsaturated/α-hetero) is 1. The molecule has 0 saturated carbocycles. The predicted molar refractivity (Wildman–Crippen MR) is 118 cm³/mol. The van der Waals surface area contributed by atoms with E-state index in [1.165, 1.54) is 83.1 Å². The van der Waals surface area contributed by atoms with Gasteiger partial charge in [0.15, 0.2) is 0 Å². The Bertz CT molecular complexity index is 561. The van der Waals surface area contributed by atoms with E-state index in [9.17, 15) is 9.59 Å². The van der Waals surface area contributed by atoms with E-state index in [4.69, 9.17) is 4.42 Å². The second kappa shape index (κ2) is 16.6. The zero-order valence-electron chi connectivity index (χ0n) is 18.3. The van der Waals surface area contributed by atoms with Gasteiger partial charge in [-0.05, 0) is 18.4 Å². The Hall–Kier alpha value is -1.38. The second-order valence-electron chi connectivity index (χ2n) is 8.45. The Morgan fingerprint density at radius 2 is 1.43 bits per heavy atom. The van der Waals surface area contributed by atoms with Crippen molar-refractivity contribution in [1.82, 2.24) is 0 Å². The monoisotopic (exact) mass is 390 g/mol. The van der Waals surface area contributed by atoms with Gasteiger partial charge in [0.2, 0.25) is 0 Å². The lowest BCUT2D eigenvalue weighted by atomic mass is 9.96. The molecule has 3 nitrogen and oxygen atoms in total. The van der Waals surface area contributed by atoms with Crippen molar-refractivity contribution in [3.63, 3.8) is 0 Å². The molecule has 0 saturated heterocycles. The Labute approximate surface area is 172 Å². The van der Waals surface area contributed by atoms with Crippen LogP contribution >= 0.6 is 0 Å². The van der Waals surface area contributed by atoms with Crippen LogP contribution in [-0.4, -0.2) is 5.78 Å². The van der Waals surface area contributed by atoms with Gasteiger partial charge < -0.3 is 4.42 Å². The molecule has 0 bridgehead atoms. The van der Waals surface area contributed by atoms with Crippen molar-refractivity contribution in [3.8, 4) is 0 Å². The molecule has 0 aliphatic rings. The molecule has 160 valence electrons. The molecule has 1 heterocycles. The molecule has 1 aromatic heterocycles. The molecule has 0 radical (unpaired) electrons. The first kappa shape index (κ1) is 24.7. The van der Waals surface area contributed by atoms with E-state index in [0.29, 0.717) is 12.2 Å². The highest BCUT2D eigenvalue weighted by Crippen LogP contribution is 2.18. The molecule has 0 amide bonds. The van der Waals surface area contributed by atoms with Gasteiger partial charge in [-0.2, -0.15) is 0 Å². The van der Waals surface area contributed by atoms with Gasteiger partial charge in [0.1, 0.15) is 11.5 Å². The van der Waals surface area contributed by atoms with Crippen LogP contribution in [0.25, 0.3) is 0 Å². The zero-order chi connectivity index (χ0) is 20.5.